The third-order valence-corrected chi connectivity index (χ3v) is 7.05. The zero-order chi connectivity index (χ0) is 28.6. The van der Waals surface area contributed by atoms with Crippen molar-refractivity contribution in [2.24, 2.45) is 17.1 Å². The Morgan fingerprint density at radius 1 is 0.947 bits per heavy atom. The lowest BCUT2D eigenvalue weighted by molar-refractivity contribution is -0.143. The summed E-state index contributed by atoms with van der Waals surface area (Å²) >= 11 is 0. The van der Waals surface area contributed by atoms with Crippen LogP contribution in [0.3, 0.4) is 0 Å². The van der Waals surface area contributed by atoms with Crippen LogP contribution in [-0.2, 0) is 24.0 Å². The predicted octanol–water partition coefficient (Wildman–Crippen LogP) is 0.335. The fourth-order valence-electron chi connectivity index (χ4n) is 4.73. The van der Waals surface area contributed by atoms with Crippen LogP contribution in [0.25, 0.3) is 0 Å². The number of rotatable bonds is 12. The van der Waals surface area contributed by atoms with Gasteiger partial charge >= 0.3 is 6.03 Å². The van der Waals surface area contributed by atoms with Crippen molar-refractivity contribution in [3.05, 3.63) is 0 Å². The van der Waals surface area contributed by atoms with E-state index in [1.165, 1.54) is 4.90 Å². The van der Waals surface area contributed by atoms with Gasteiger partial charge in [0.2, 0.25) is 23.5 Å². The number of Topliss-reactive ketones (excluding diaryl/α,β-unsaturated/α-hetero) is 1. The molecule has 12 nitrogen and oxygen atoms in total. The van der Waals surface area contributed by atoms with Crippen LogP contribution in [0.15, 0.2) is 0 Å². The van der Waals surface area contributed by atoms with Gasteiger partial charge in [0.05, 0.1) is 12.6 Å². The van der Waals surface area contributed by atoms with Crippen molar-refractivity contribution in [1.29, 1.82) is 0 Å². The molecule has 2 fully saturated rings. The average molecular weight is 537 g/mol. The summed E-state index contributed by atoms with van der Waals surface area (Å²) in [6.45, 7) is 9.02. The summed E-state index contributed by atoms with van der Waals surface area (Å²) in [6.07, 6.45) is 5.24. The third-order valence-electron chi connectivity index (χ3n) is 7.05. The molecule has 214 valence electrons. The molecule has 1 aliphatic carbocycles. The van der Waals surface area contributed by atoms with E-state index in [-0.39, 0.29) is 18.5 Å². The molecule has 0 aromatic rings. The molecule has 1 saturated heterocycles. The molecule has 12 heteroatoms. The molecule has 0 spiro atoms. The minimum atomic E-state index is -1.10. The number of primary amides is 1. The first kappa shape index (κ1) is 31.0. The Bertz CT molecular complexity index is 910. The SMILES string of the molecule is CC(C)NC(=O)CNC(=O)NC(C(=O)N1CCC[C@H]1C(=O)NC(CCC1CCC1)C(=O)C(N)=O)C(C)(C)C. The van der Waals surface area contributed by atoms with Crippen LogP contribution < -0.4 is 27.0 Å². The second kappa shape index (κ2) is 13.6. The summed E-state index contributed by atoms with van der Waals surface area (Å²) in [4.78, 5) is 76.6. The number of urea groups is 1. The van der Waals surface area contributed by atoms with Gasteiger partial charge in [0.1, 0.15) is 12.1 Å². The topological polar surface area (TPSA) is 180 Å². The van der Waals surface area contributed by atoms with Crippen molar-refractivity contribution in [1.82, 2.24) is 26.2 Å². The monoisotopic (exact) mass is 536 g/mol. The van der Waals surface area contributed by atoms with Gasteiger partial charge in [-0.05, 0) is 50.9 Å². The van der Waals surface area contributed by atoms with E-state index < -0.39 is 53.1 Å². The Balaban J connectivity index is 2.07. The summed E-state index contributed by atoms with van der Waals surface area (Å²) < 4.78 is 0. The van der Waals surface area contributed by atoms with Gasteiger partial charge in [-0.25, -0.2) is 4.79 Å². The van der Waals surface area contributed by atoms with Gasteiger partial charge in [0.15, 0.2) is 0 Å². The molecular weight excluding hydrogens is 492 g/mol. The summed E-state index contributed by atoms with van der Waals surface area (Å²) in [6, 6.07) is -3.62. The smallest absolute Gasteiger partial charge is 0.315 e. The Kier molecular flexibility index (Phi) is 11.1. The number of hydrogen-bond donors (Lipinski definition) is 5. The Labute approximate surface area is 224 Å². The zero-order valence-electron chi connectivity index (χ0n) is 23.2. The maximum Gasteiger partial charge on any atom is 0.315 e. The molecule has 2 aliphatic rings. The molecule has 0 bridgehead atoms. The van der Waals surface area contributed by atoms with Crippen LogP contribution in [-0.4, -0.2) is 77.6 Å². The number of nitrogens with zero attached hydrogens (tertiary/aromatic N) is 1. The molecule has 6 amide bonds. The molecule has 0 aromatic carbocycles. The largest absolute Gasteiger partial charge is 0.363 e. The van der Waals surface area contributed by atoms with Crippen molar-refractivity contribution in [3.63, 3.8) is 0 Å². The number of nitrogens with two attached hydrogens (primary N) is 1. The number of nitrogens with one attached hydrogen (secondary N) is 4. The molecule has 1 aliphatic heterocycles. The van der Waals surface area contributed by atoms with Crippen molar-refractivity contribution < 1.29 is 28.8 Å². The molecule has 2 rings (SSSR count). The van der Waals surface area contributed by atoms with E-state index in [0.717, 1.165) is 19.3 Å². The number of carbonyl (C=O) groups excluding carboxylic acids is 6. The molecule has 2 unspecified atom stereocenters. The standard InChI is InChI=1S/C26H44N6O6/c1-15(2)29-19(33)14-28-25(38)31-21(26(3,4)5)24(37)32-13-7-10-18(32)23(36)30-17(20(34)22(27)35)12-11-16-8-6-9-16/h15-18,21H,6-14H2,1-5H3,(H2,27,35)(H,29,33)(H,30,36)(H2,28,31,38)/t17?,18-,21?/m0/s1. The molecule has 0 radical (unpaired) electrons. The van der Waals surface area contributed by atoms with Gasteiger partial charge in [0, 0.05) is 12.6 Å². The summed E-state index contributed by atoms with van der Waals surface area (Å²) in [5, 5.41) is 10.4. The fourth-order valence-corrected chi connectivity index (χ4v) is 4.73. The highest BCUT2D eigenvalue weighted by Gasteiger charge is 2.42. The van der Waals surface area contributed by atoms with Crippen LogP contribution in [0.2, 0.25) is 0 Å². The zero-order valence-corrected chi connectivity index (χ0v) is 23.2. The Morgan fingerprint density at radius 2 is 1.61 bits per heavy atom. The van der Waals surface area contributed by atoms with Crippen molar-refractivity contribution in [2.75, 3.05) is 13.1 Å². The fraction of sp³-hybridized carbons (Fsp3) is 0.769. The van der Waals surface area contributed by atoms with E-state index in [4.69, 9.17) is 5.73 Å². The normalized spacial score (nSPS) is 19.2. The van der Waals surface area contributed by atoms with Gasteiger partial charge in [-0.1, -0.05) is 40.0 Å². The van der Waals surface area contributed by atoms with Crippen molar-refractivity contribution in [2.45, 2.75) is 104 Å². The Morgan fingerprint density at radius 3 is 2.13 bits per heavy atom. The van der Waals surface area contributed by atoms with Gasteiger partial charge < -0.3 is 31.9 Å². The minimum absolute atomic E-state index is 0.0782. The molecule has 1 heterocycles. The number of likely N-dealkylation sites (tertiary alicyclic amines) is 1. The van der Waals surface area contributed by atoms with Crippen LogP contribution in [0, 0.1) is 11.3 Å². The number of carbonyl (C=O) groups is 6. The second-order valence-corrected chi connectivity index (χ2v) is 11.7. The highest BCUT2D eigenvalue weighted by atomic mass is 16.2. The van der Waals surface area contributed by atoms with E-state index in [1.54, 1.807) is 34.6 Å². The van der Waals surface area contributed by atoms with Crippen LogP contribution in [0.5, 0.6) is 0 Å². The quantitative estimate of drug-likeness (QED) is 0.224. The molecular formula is C26H44N6O6. The molecule has 38 heavy (non-hydrogen) atoms. The average Bonchev–Trinajstić information content (AvgIpc) is 3.27. The van der Waals surface area contributed by atoms with E-state index in [1.807, 2.05) is 0 Å². The van der Waals surface area contributed by atoms with Gasteiger partial charge in [-0.2, -0.15) is 0 Å². The Hall–Kier alpha value is -3.18. The number of amides is 6. The lowest BCUT2D eigenvalue weighted by atomic mass is 9.81. The lowest BCUT2D eigenvalue weighted by Crippen LogP contribution is -2.60. The molecule has 6 N–H and O–H groups in total. The van der Waals surface area contributed by atoms with Crippen LogP contribution >= 0.6 is 0 Å². The van der Waals surface area contributed by atoms with E-state index in [2.05, 4.69) is 21.3 Å². The summed E-state index contributed by atoms with van der Waals surface area (Å²) in [5.41, 5.74) is 4.52. The third kappa shape index (κ3) is 8.98. The first-order chi connectivity index (χ1) is 17.7. The summed E-state index contributed by atoms with van der Waals surface area (Å²) in [5.74, 6) is -2.80. The van der Waals surface area contributed by atoms with Crippen LogP contribution in [0.4, 0.5) is 4.79 Å². The number of ketones is 1. The van der Waals surface area contributed by atoms with E-state index in [9.17, 15) is 28.8 Å². The van der Waals surface area contributed by atoms with Gasteiger partial charge in [-0.15, -0.1) is 0 Å². The van der Waals surface area contributed by atoms with Gasteiger partial charge in [-0.3, -0.25) is 24.0 Å². The highest BCUT2D eigenvalue weighted by molar-refractivity contribution is 6.37. The second-order valence-electron chi connectivity index (χ2n) is 11.7. The summed E-state index contributed by atoms with van der Waals surface area (Å²) in [7, 11) is 0. The maximum absolute atomic E-state index is 13.6. The van der Waals surface area contributed by atoms with Gasteiger partial charge in [0.25, 0.3) is 5.91 Å². The first-order valence-corrected chi connectivity index (χ1v) is 13.5. The highest BCUT2D eigenvalue weighted by Crippen LogP contribution is 2.31. The lowest BCUT2D eigenvalue weighted by Gasteiger charge is -2.35. The van der Waals surface area contributed by atoms with Crippen molar-refractivity contribution >= 4 is 35.4 Å². The number of hydrogen-bond acceptors (Lipinski definition) is 6. The molecule has 0 aromatic heterocycles. The molecule has 3 atom stereocenters. The van der Waals surface area contributed by atoms with Crippen LogP contribution in [0.1, 0.15) is 79.6 Å². The predicted molar refractivity (Wildman–Crippen MR) is 140 cm³/mol. The molecule has 1 saturated carbocycles. The maximum atomic E-state index is 13.6. The van der Waals surface area contributed by atoms with E-state index >= 15 is 0 Å². The van der Waals surface area contributed by atoms with E-state index in [0.29, 0.717) is 38.1 Å². The van der Waals surface area contributed by atoms with Crippen molar-refractivity contribution in [3.8, 4) is 0 Å². The minimum Gasteiger partial charge on any atom is -0.363 e. The first-order valence-electron chi connectivity index (χ1n) is 13.5.